The molecule has 0 saturated carbocycles. The summed E-state index contributed by atoms with van der Waals surface area (Å²) in [6.45, 7) is 3.36. The number of nitrogens with one attached hydrogen (secondary N) is 1. The quantitative estimate of drug-likeness (QED) is 0.455. The van der Waals surface area contributed by atoms with E-state index in [1.807, 2.05) is 48.5 Å². The summed E-state index contributed by atoms with van der Waals surface area (Å²) in [5.74, 6) is 0.466. The van der Waals surface area contributed by atoms with Crippen molar-refractivity contribution in [1.29, 1.82) is 0 Å². The summed E-state index contributed by atoms with van der Waals surface area (Å²) in [5.41, 5.74) is 3.56. The number of ether oxygens (including phenoxy) is 1. The Kier molecular flexibility index (Phi) is 5.49. The SMILES string of the molecule is CC(C)(COc1ccc(-c2ccc(-c3ncc(-c4cccnc4)[nH]3)cn2)cc1)C(=O)O. The van der Waals surface area contributed by atoms with Gasteiger partial charge in [0.25, 0.3) is 0 Å². The molecule has 3 aromatic heterocycles. The molecule has 0 spiro atoms. The highest BCUT2D eigenvalue weighted by atomic mass is 16.5. The molecule has 0 atom stereocenters. The van der Waals surface area contributed by atoms with E-state index in [1.54, 1.807) is 38.6 Å². The Morgan fingerprint density at radius 1 is 0.968 bits per heavy atom. The molecule has 31 heavy (non-hydrogen) atoms. The van der Waals surface area contributed by atoms with Crippen LogP contribution in [-0.2, 0) is 4.79 Å². The van der Waals surface area contributed by atoms with E-state index in [1.165, 1.54) is 0 Å². The van der Waals surface area contributed by atoms with Crippen molar-refractivity contribution in [2.24, 2.45) is 5.41 Å². The Morgan fingerprint density at radius 3 is 2.39 bits per heavy atom. The Bertz CT molecular complexity index is 1170. The minimum atomic E-state index is -0.946. The summed E-state index contributed by atoms with van der Waals surface area (Å²) in [4.78, 5) is 27.6. The number of rotatable bonds is 7. The molecule has 156 valence electrons. The van der Waals surface area contributed by atoms with Gasteiger partial charge in [-0.3, -0.25) is 14.8 Å². The summed E-state index contributed by atoms with van der Waals surface area (Å²) < 4.78 is 5.62. The van der Waals surface area contributed by atoms with Gasteiger partial charge in [0.1, 0.15) is 18.2 Å². The standard InChI is InChI=1S/C24H22N4O3/c1-24(2,23(29)30)15-31-19-8-5-16(6-9-19)20-10-7-18(13-26-20)22-27-14-21(28-22)17-4-3-11-25-12-17/h3-14H,15H2,1-2H3,(H,27,28)(H,29,30). The molecule has 0 aliphatic rings. The third kappa shape index (κ3) is 4.61. The molecule has 0 saturated heterocycles. The number of carboxylic acid groups (broad SMARTS) is 1. The van der Waals surface area contributed by atoms with Crippen LogP contribution in [0.15, 0.2) is 73.3 Å². The number of pyridine rings is 2. The highest BCUT2D eigenvalue weighted by Crippen LogP contribution is 2.25. The van der Waals surface area contributed by atoms with Gasteiger partial charge >= 0.3 is 5.97 Å². The Labute approximate surface area is 179 Å². The number of carboxylic acids is 1. The summed E-state index contributed by atoms with van der Waals surface area (Å²) in [7, 11) is 0. The smallest absolute Gasteiger partial charge is 0.312 e. The summed E-state index contributed by atoms with van der Waals surface area (Å²) >= 11 is 0. The molecule has 7 heteroatoms. The fraction of sp³-hybridized carbons (Fsp3) is 0.167. The van der Waals surface area contributed by atoms with Crippen LogP contribution in [0, 0.1) is 5.41 Å². The maximum Gasteiger partial charge on any atom is 0.312 e. The molecule has 1 aromatic carbocycles. The van der Waals surface area contributed by atoms with Crippen LogP contribution in [0.4, 0.5) is 0 Å². The van der Waals surface area contributed by atoms with Crippen molar-refractivity contribution < 1.29 is 14.6 Å². The van der Waals surface area contributed by atoms with Crippen LogP contribution in [0.2, 0.25) is 0 Å². The van der Waals surface area contributed by atoms with Crippen LogP contribution < -0.4 is 4.74 Å². The van der Waals surface area contributed by atoms with E-state index in [0.29, 0.717) is 5.75 Å². The Hall–Kier alpha value is -4.00. The number of imidazole rings is 1. The highest BCUT2D eigenvalue weighted by Gasteiger charge is 2.28. The Balaban J connectivity index is 1.45. The highest BCUT2D eigenvalue weighted by molar-refractivity contribution is 5.73. The first-order valence-electron chi connectivity index (χ1n) is 9.81. The number of hydrogen-bond donors (Lipinski definition) is 2. The lowest BCUT2D eigenvalue weighted by Crippen LogP contribution is -2.30. The van der Waals surface area contributed by atoms with Crippen LogP contribution in [0.3, 0.4) is 0 Å². The topological polar surface area (TPSA) is 101 Å². The molecule has 0 unspecified atom stereocenters. The van der Waals surface area contributed by atoms with Gasteiger partial charge in [-0.05, 0) is 62.4 Å². The molecular weight excluding hydrogens is 392 g/mol. The third-order valence-corrected chi connectivity index (χ3v) is 4.91. The molecule has 0 bridgehead atoms. The molecule has 7 nitrogen and oxygen atoms in total. The molecule has 0 amide bonds. The van der Waals surface area contributed by atoms with E-state index in [2.05, 4.69) is 19.9 Å². The normalized spacial score (nSPS) is 11.3. The average Bonchev–Trinajstić information content (AvgIpc) is 3.29. The lowest BCUT2D eigenvalue weighted by molar-refractivity contribution is -0.148. The number of aromatic amines is 1. The van der Waals surface area contributed by atoms with Gasteiger partial charge in [0.15, 0.2) is 0 Å². The lowest BCUT2D eigenvalue weighted by Gasteiger charge is -2.19. The van der Waals surface area contributed by atoms with Crippen molar-refractivity contribution in [1.82, 2.24) is 19.9 Å². The summed E-state index contributed by atoms with van der Waals surface area (Å²) in [6, 6.07) is 15.2. The van der Waals surface area contributed by atoms with Crippen molar-refractivity contribution in [2.75, 3.05) is 6.61 Å². The Morgan fingerprint density at radius 2 is 1.74 bits per heavy atom. The first-order chi connectivity index (χ1) is 14.9. The van der Waals surface area contributed by atoms with Gasteiger partial charge in [0.2, 0.25) is 0 Å². The molecule has 0 fully saturated rings. The van der Waals surface area contributed by atoms with Gasteiger partial charge in [0, 0.05) is 35.3 Å². The van der Waals surface area contributed by atoms with Crippen LogP contribution in [0.25, 0.3) is 33.9 Å². The number of nitrogens with zero attached hydrogens (tertiary/aromatic N) is 3. The van der Waals surface area contributed by atoms with E-state index in [4.69, 9.17) is 4.74 Å². The number of aliphatic carboxylic acids is 1. The van der Waals surface area contributed by atoms with Gasteiger partial charge in [-0.2, -0.15) is 0 Å². The number of benzene rings is 1. The molecule has 3 heterocycles. The lowest BCUT2D eigenvalue weighted by atomic mass is 9.95. The van der Waals surface area contributed by atoms with E-state index >= 15 is 0 Å². The average molecular weight is 414 g/mol. The van der Waals surface area contributed by atoms with Crippen LogP contribution in [0.5, 0.6) is 5.75 Å². The molecule has 0 aliphatic heterocycles. The zero-order chi connectivity index (χ0) is 21.8. The van der Waals surface area contributed by atoms with Gasteiger partial charge in [-0.15, -0.1) is 0 Å². The van der Waals surface area contributed by atoms with Crippen LogP contribution in [0.1, 0.15) is 13.8 Å². The van der Waals surface area contributed by atoms with Crippen molar-refractivity contribution >= 4 is 5.97 Å². The molecule has 0 radical (unpaired) electrons. The monoisotopic (exact) mass is 414 g/mol. The van der Waals surface area contributed by atoms with Gasteiger partial charge in [-0.25, -0.2) is 4.98 Å². The summed E-state index contributed by atoms with van der Waals surface area (Å²) in [6.07, 6.45) is 7.08. The predicted octanol–water partition coefficient (Wildman–Crippen LogP) is 4.69. The van der Waals surface area contributed by atoms with Crippen molar-refractivity contribution in [3.05, 3.63) is 73.3 Å². The fourth-order valence-corrected chi connectivity index (χ4v) is 2.89. The molecular formula is C24H22N4O3. The maximum atomic E-state index is 11.2. The third-order valence-electron chi connectivity index (χ3n) is 4.91. The van der Waals surface area contributed by atoms with Gasteiger partial charge in [-0.1, -0.05) is 0 Å². The molecule has 0 aliphatic carbocycles. The molecule has 4 rings (SSSR count). The number of hydrogen-bond acceptors (Lipinski definition) is 5. The first kappa shape index (κ1) is 20.3. The minimum absolute atomic E-state index is 0.0960. The van der Waals surface area contributed by atoms with Crippen LogP contribution >= 0.6 is 0 Å². The number of aromatic nitrogens is 4. The largest absolute Gasteiger partial charge is 0.492 e. The minimum Gasteiger partial charge on any atom is -0.492 e. The van der Waals surface area contributed by atoms with Crippen molar-refractivity contribution in [3.8, 4) is 39.7 Å². The number of H-pyrrole nitrogens is 1. The van der Waals surface area contributed by atoms with E-state index in [9.17, 15) is 9.90 Å². The van der Waals surface area contributed by atoms with Crippen LogP contribution in [-0.4, -0.2) is 37.6 Å². The second kappa shape index (κ2) is 8.39. The second-order valence-electron chi connectivity index (χ2n) is 7.82. The van der Waals surface area contributed by atoms with Gasteiger partial charge in [0.05, 0.1) is 23.0 Å². The maximum absolute atomic E-state index is 11.2. The molecule has 2 N–H and O–H groups in total. The van der Waals surface area contributed by atoms with Crippen molar-refractivity contribution in [3.63, 3.8) is 0 Å². The summed E-state index contributed by atoms with van der Waals surface area (Å²) in [5, 5.41) is 9.18. The fourth-order valence-electron chi connectivity index (χ4n) is 2.89. The number of carbonyl (C=O) groups is 1. The van der Waals surface area contributed by atoms with E-state index in [-0.39, 0.29) is 6.61 Å². The van der Waals surface area contributed by atoms with E-state index < -0.39 is 11.4 Å². The van der Waals surface area contributed by atoms with Gasteiger partial charge < -0.3 is 14.8 Å². The van der Waals surface area contributed by atoms with Crippen molar-refractivity contribution in [2.45, 2.75) is 13.8 Å². The second-order valence-corrected chi connectivity index (χ2v) is 7.82. The molecule has 4 aromatic rings. The van der Waals surface area contributed by atoms with E-state index in [0.717, 1.165) is 33.9 Å². The zero-order valence-electron chi connectivity index (χ0n) is 17.2. The predicted molar refractivity (Wildman–Crippen MR) is 117 cm³/mol. The first-order valence-corrected chi connectivity index (χ1v) is 9.81. The zero-order valence-corrected chi connectivity index (χ0v) is 17.2.